The van der Waals surface area contributed by atoms with Crippen molar-refractivity contribution in [3.05, 3.63) is 36.2 Å². The molecule has 18 heavy (non-hydrogen) atoms. The number of esters is 1. The van der Waals surface area contributed by atoms with Crippen LogP contribution < -0.4 is 10.1 Å². The number of anilines is 1. The number of halogens is 1. The van der Waals surface area contributed by atoms with Crippen molar-refractivity contribution in [3.63, 3.8) is 0 Å². The maximum atomic E-state index is 13.9. The molecule has 0 aromatic heterocycles. The standard InChI is InChI=1S/C12H12FNO4/c1-4-9(15)14-11-7(12(16)18-3)5-6-8(17-2)10(11)13/h4-6H,1H2,2-3H3,(H,14,15). The molecule has 0 fully saturated rings. The first-order valence-electron chi connectivity index (χ1n) is 4.93. The highest BCUT2D eigenvalue weighted by molar-refractivity contribution is 6.05. The second-order valence-corrected chi connectivity index (χ2v) is 3.19. The van der Waals surface area contributed by atoms with E-state index in [1.54, 1.807) is 0 Å². The van der Waals surface area contributed by atoms with Crippen LogP contribution in [-0.4, -0.2) is 26.1 Å². The van der Waals surface area contributed by atoms with E-state index >= 15 is 0 Å². The molecule has 1 aromatic carbocycles. The molecule has 0 aliphatic rings. The van der Waals surface area contributed by atoms with Crippen LogP contribution in [0.5, 0.6) is 5.75 Å². The first-order chi connectivity index (χ1) is 8.54. The summed E-state index contributed by atoms with van der Waals surface area (Å²) < 4.78 is 23.2. The number of methoxy groups -OCH3 is 2. The Labute approximate surface area is 103 Å². The Morgan fingerprint density at radius 1 is 1.39 bits per heavy atom. The molecule has 0 radical (unpaired) electrons. The van der Waals surface area contributed by atoms with E-state index in [0.717, 1.165) is 13.2 Å². The van der Waals surface area contributed by atoms with E-state index in [2.05, 4.69) is 16.6 Å². The number of carbonyl (C=O) groups is 2. The lowest BCUT2D eigenvalue weighted by atomic mass is 10.1. The van der Waals surface area contributed by atoms with Gasteiger partial charge in [0.1, 0.15) is 0 Å². The van der Waals surface area contributed by atoms with Crippen molar-refractivity contribution >= 4 is 17.6 Å². The first-order valence-corrected chi connectivity index (χ1v) is 4.93. The van der Waals surface area contributed by atoms with Crippen molar-refractivity contribution in [2.75, 3.05) is 19.5 Å². The van der Waals surface area contributed by atoms with Gasteiger partial charge in [-0.2, -0.15) is 0 Å². The molecule has 0 heterocycles. The van der Waals surface area contributed by atoms with Crippen LogP contribution in [0.3, 0.4) is 0 Å². The third-order valence-corrected chi connectivity index (χ3v) is 2.17. The third kappa shape index (κ3) is 2.65. The van der Waals surface area contributed by atoms with E-state index in [9.17, 15) is 14.0 Å². The normalized spacial score (nSPS) is 9.50. The average Bonchev–Trinajstić information content (AvgIpc) is 2.39. The molecule has 1 N–H and O–H groups in total. The van der Waals surface area contributed by atoms with E-state index in [4.69, 9.17) is 4.74 Å². The largest absolute Gasteiger partial charge is 0.494 e. The molecular formula is C12H12FNO4. The van der Waals surface area contributed by atoms with Crippen LogP contribution in [0.2, 0.25) is 0 Å². The predicted molar refractivity (Wildman–Crippen MR) is 63.1 cm³/mol. The Morgan fingerprint density at radius 3 is 2.56 bits per heavy atom. The van der Waals surface area contributed by atoms with Crippen LogP contribution in [0, 0.1) is 5.82 Å². The minimum Gasteiger partial charge on any atom is -0.494 e. The number of hydrogen-bond acceptors (Lipinski definition) is 4. The zero-order valence-electron chi connectivity index (χ0n) is 9.95. The molecule has 1 aromatic rings. The summed E-state index contributed by atoms with van der Waals surface area (Å²) in [4.78, 5) is 22.7. The van der Waals surface area contributed by atoms with Crippen LogP contribution >= 0.6 is 0 Å². The number of rotatable bonds is 4. The molecule has 5 nitrogen and oxygen atoms in total. The first kappa shape index (κ1) is 13.7. The lowest BCUT2D eigenvalue weighted by Gasteiger charge is -2.12. The summed E-state index contributed by atoms with van der Waals surface area (Å²) in [6, 6.07) is 2.57. The average molecular weight is 253 g/mol. The number of hydrogen-bond donors (Lipinski definition) is 1. The molecular weight excluding hydrogens is 241 g/mol. The Hall–Kier alpha value is -2.37. The highest BCUT2D eigenvalue weighted by Crippen LogP contribution is 2.28. The van der Waals surface area contributed by atoms with E-state index < -0.39 is 17.7 Å². The second kappa shape index (κ2) is 5.81. The topological polar surface area (TPSA) is 64.6 Å². The molecule has 0 spiro atoms. The minimum absolute atomic E-state index is 0.0954. The van der Waals surface area contributed by atoms with Gasteiger partial charge in [0.15, 0.2) is 11.6 Å². The number of benzene rings is 1. The maximum Gasteiger partial charge on any atom is 0.340 e. The Balaban J connectivity index is 3.34. The van der Waals surface area contributed by atoms with Gasteiger partial charge >= 0.3 is 5.97 Å². The van der Waals surface area contributed by atoms with Gasteiger partial charge in [-0.1, -0.05) is 6.58 Å². The van der Waals surface area contributed by atoms with Gasteiger partial charge < -0.3 is 14.8 Å². The summed E-state index contributed by atoms with van der Waals surface area (Å²) in [5.41, 5.74) is -0.405. The van der Waals surface area contributed by atoms with E-state index in [1.807, 2.05) is 0 Å². The highest BCUT2D eigenvalue weighted by atomic mass is 19.1. The number of ether oxygens (including phenoxy) is 2. The highest BCUT2D eigenvalue weighted by Gasteiger charge is 2.20. The van der Waals surface area contributed by atoms with E-state index in [-0.39, 0.29) is 17.0 Å². The third-order valence-electron chi connectivity index (χ3n) is 2.17. The van der Waals surface area contributed by atoms with Crippen molar-refractivity contribution in [3.8, 4) is 5.75 Å². The van der Waals surface area contributed by atoms with Gasteiger partial charge in [-0.25, -0.2) is 9.18 Å². The zero-order valence-corrected chi connectivity index (χ0v) is 9.95. The Morgan fingerprint density at radius 2 is 2.06 bits per heavy atom. The van der Waals surface area contributed by atoms with Crippen LogP contribution in [0.4, 0.5) is 10.1 Å². The SMILES string of the molecule is C=CC(=O)Nc1c(C(=O)OC)ccc(OC)c1F. The molecule has 96 valence electrons. The van der Waals surface area contributed by atoms with Gasteiger partial charge in [0.2, 0.25) is 5.91 Å². The lowest BCUT2D eigenvalue weighted by molar-refractivity contribution is -0.111. The van der Waals surface area contributed by atoms with Gasteiger partial charge in [0, 0.05) is 0 Å². The summed E-state index contributed by atoms with van der Waals surface area (Å²) in [6.45, 7) is 3.24. The molecule has 0 saturated carbocycles. The molecule has 0 atom stereocenters. The van der Waals surface area contributed by atoms with Crippen molar-refractivity contribution in [2.24, 2.45) is 0 Å². The quantitative estimate of drug-likeness (QED) is 0.655. The van der Waals surface area contributed by atoms with Gasteiger partial charge in [0.25, 0.3) is 0 Å². The van der Waals surface area contributed by atoms with Crippen molar-refractivity contribution in [1.29, 1.82) is 0 Å². The van der Waals surface area contributed by atoms with Crippen molar-refractivity contribution < 1.29 is 23.5 Å². The molecule has 6 heteroatoms. The number of carbonyl (C=O) groups excluding carboxylic acids is 2. The predicted octanol–water partition coefficient (Wildman–Crippen LogP) is 1.75. The second-order valence-electron chi connectivity index (χ2n) is 3.19. The molecule has 0 unspecified atom stereocenters. The van der Waals surface area contributed by atoms with Gasteiger partial charge in [0.05, 0.1) is 25.5 Å². The summed E-state index contributed by atoms with van der Waals surface area (Å²) in [7, 11) is 2.43. The summed E-state index contributed by atoms with van der Waals surface area (Å²) in [5.74, 6) is -2.36. The van der Waals surface area contributed by atoms with Gasteiger partial charge in [-0.15, -0.1) is 0 Å². The van der Waals surface area contributed by atoms with Gasteiger partial charge in [-0.3, -0.25) is 4.79 Å². The number of amides is 1. The molecule has 0 aliphatic heterocycles. The van der Waals surface area contributed by atoms with E-state index in [1.165, 1.54) is 19.2 Å². The minimum atomic E-state index is -0.851. The lowest BCUT2D eigenvalue weighted by Crippen LogP contribution is -2.15. The summed E-state index contributed by atoms with van der Waals surface area (Å²) in [5, 5.41) is 2.21. The molecule has 0 bridgehead atoms. The molecule has 1 amide bonds. The fraction of sp³-hybridized carbons (Fsp3) is 0.167. The molecule has 1 rings (SSSR count). The Kier molecular flexibility index (Phi) is 4.42. The van der Waals surface area contributed by atoms with Crippen molar-refractivity contribution in [1.82, 2.24) is 0 Å². The van der Waals surface area contributed by atoms with Crippen molar-refractivity contribution in [2.45, 2.75) is 0 Å². The maximum absolute atomic E-state index is 13.9. The Bertz CT molecular complexity index is 499. The van der Waals surface area contributed by atoms with Crippen LogP contribution in [-0.2, 0) is 9.53 Å². The number of nitrogens with one attached hydrogen (secondary N) is 1. The van der Waals surface area contributed by atoms with Crippen LogP contribution in [0.25, 0.3) is 0 Å². The summed E-state index contributed by atoms with van der Waals surface area (Å²) >= 11 is 0. The van der Waals surface area contributed by atoms with E-state index in [0.29, 0.717) is 0 Å². The smallest absolute Gasteiger partial charge is 0.340 e. The fourth-order valence-electron chi connectivity index (χ4n) is 1.29. The summed E-state index contributed by atoms with van der Waals surface area (Å²) in [6.07, 6.45) is 0.958. The van der Waals surface area contributed by atoms with Crippen LogP contribution in [0.15, 0.2) is 24.8 Å². The zero-order chi connectivity index (χ0) is 13.7. The van der Waals surface area contributed by atoms with Gasteiger partial charge in [-0.05, 0) is 18.2 Å². The van der Waals surface area contributed by atoms with Crippen LogP contribution in [0.1, 0.15) is 10.4 Å². The molecule has 0 aliphatic carbocycles. The fourth-order valence-corrected chi connectivity index (χ4v) is 1.29. The monoisotopic (exact) mass is 253 g/mol. The molecule has 0 saturated heterocycles.